The van der Waals surface area contributed by atoms with Gasteiger partial charge in [0.2, 0.25) is 5.91 Å². The summed E-state index contributed by atoms with van der Waals surface area (Å²) in [5.41, 5.74) is 2.55. The lowest BCUT2D eigenvalue weighted by molar-refractivity contribution is -0.120. The fourth-order valence-corrected chi connectivity index (χ4v) is 4.10. The summed E-state index contributed by atoms with van der Waals surface area (Å²) in [4.78, 5) is 25.9. The Morgan fingerprint density at radius 1 is 0.968 bits per heavy atom. The summed E-state index contributed by atoms with van der Waals surface area (Å²) < 4.78 is 13.6. The average Bonchev–Trinajstić information content (AvgIpc) is 3.15. The van der Waals surface area contributed by atoms with E-state index in [1.54, 1.807) is 18.2 Å². The van der Waals surface area contributed by atoms with Gasteiger partial charge in [-0.15, -0.1) is 0 Å². The van der Waals surface area contributed by atoms with Crippen molar-refractivity contribution < 1.29 is 14.3 Å². The molecule has 3 aromatic rings. The van der Waals surface area contributed by atoms with Gasteiger partial charge in [0.25, 0.3) is 0 Å². The molecule has 0 radical (unpaired) electrons. The van der Waals surface area contributed by atoms with Crippen molar-refractivity contribution in [1.29, 1.82) is 0 Å². The number of aromatic nitrogens is 1. The molecular weight excluding hydrogens is 419 g/mol. The zero-order chi connectivity index (χ0) is 22.1. The number of hydrogen-bond donors (Lipinski definition) is 5. The van der Waals surface area contributed by atoms with E-state index in [1.165, 1.54) is 12.1 Å². The van der Waals surface area contributed by atoms with E-state index in [1.807, 2.05) is 6.07 Å². The number of aromatic amines is 1. The second-order valence-electron chi connectivity index (χ2n) is 7.19. The molecule has 1 amide bonds. The molecule has 0 aliphatic heterocycles. The number of aromatic hydroxyl groups is 1. The molecule has 3 rings (SSSR count). The molecule has 1 aromatic heterocycles. The van der Waals surface area contributed by atoms with Crippen LogP contribution in [0.3, 0.4) is 0 Å². The summed E-state index contributed by atoms with van der Waals surface area (Å²) in [6.45, 7) is 3.22. The maximum absolute atomic E-state index is 12.9. The molecule has 7 nitrogen and oxygen atoms in total. The Bertz CT molecular complexity index is 1050. The van der Waals surface area contributed by atoms with Gasteiger partial charge < -0.3 is 26.0 Å². The standard InChI is InChI=1S/C22H27FN4O3S/c23-17-4-1-15(2-5-17)7-10-24-12-9-19(29)26-14-13-25-11-8-16-3-6-18(28)20-21(16)31-22(30)27-20/h1-6,24-25,28H,7-14H2,(H,26,29)(H,27,30). The van der Waals surface area contributed by atoms with E-state index in [0.717, 1.165) is 46.6 Å². The number of benzene rings is 2. The van der Waals surface area contributed by atoms with Gasteiger partial charge in [-0.1, -0.05) is 29.5 Å². The van der Waals surface area contributed by atoms with Crippen LogP contribution in [-0.4, -0.2) is 48.7 Å². The Hall–Kier alpha value is -2.75. The molecule has 2 aromatic carbocycles. The van der Waals surface area contributed by atoms with Crippen LogP contribution in [0.2, 0.25) is 0 Å². The van der Waals surface area contributed by atoms with Crippen LogP contribution in [0.25, 0.3) is 10.2 Å². The van der Waals surface area contributed by atoms with E-state index in [-0.39, 0.29) is 22.3 Å². The molecule has 166 valence electrons. The third kappa shape index (κ3) is 7.16. The summed E-state index contributed by atoms with van der Waals surface area (Å²) in [5.74, 6) is -0.161. The number of halogens is 1. The fourth-order valence-electron chi connectivity index (χ4n) is 3.21. The van der Waals surface area contributed by atoms with Crippen LogP contribution in [0.4, 0.5) is 4.39 Å². The lowest BCUT2D eigenvalue weighted by Gasteiger charge is -2.08. The normalized spacial score (nSPS) is 11.1. The van der Waals surface area contributed by atoms with Crippen molar-refractivity contribution in [2.24, 2.45) is 0 Å². The lowest BCUT2D eigenvalue weighted by Crippen LogP contribution is -2.34. The van der Waals surface area contributed by atoms with Crippen LogP contribution in [0, 0.1) is 5.82 Å². The second kappa shape index (κ2) is 11.6. The zero-order valence-electron chi connectivity index (χ0n) is 17.2. The van der Waals surface area contributed by atoms with Crippen LogP contribution in [0.5, 0.6) is 5.75 Å². The number of nitrogens with one attached hydrogen (secondary N) is 4. The topological polar surface area (TPSA) is 106 Å². The smallest absolute Gasteiger partial charge is 0.305 e. The average molecular weight is 447 g/mol. The molecule has 0 fully saturated rings. The predicted molar refractivity (Wildman–Crippen MR) is 121 cm³/mol. The molecule has 9 heteroatoms. The Labute approximate surface area is 183 Å². The molecule has 0 spiro atoms. The minimum atomic E-state index is -0.237. The SMILES string of the molecule is O=C(CCNCCc1ccc(F)cc1)NCCNCCc1ccc(O)c2[nH]c(=O)sc12. The summed E-state index contributed by atoms with van der Waals surface area (Å²) in [7, 11) is 0. The van der Waals surface area contributed by atoms with Gasteiger partial charge in [0, 0.05) is 26.1 Å². The van der Waals surface area contributed by atoms with Gasteiger partial charge in [-0.05, 0) is 55.3 Å². The minimum absolute atomic E-state index is 0.00609. The van der Waals surface area contributed by atoms with Crippen LogP contribution in [0.15, 0.2) is 41.2 Å². The highest BCUT2D eigenvalue weighted by atomic mass is 32.1. The van der Waals surface area contributed by atoms with Crippen molar-refractivity contribution in [3.8, 4) is 5.75 Å². The zero-order valence-corrected chi connectivity index (χ0v) is 18.0. The number of phenolic OH excluding ortho intramolecular Hbond substituents is 1. The van der Waals surface area contributed by atoms with Gasteiger partial charge in [0.1, 0.15) is 17.1 Å². The second-order valence-corrected chi connectivity index (χ2v) is 8.17. The van der Waals surface area contributed by atoms with Gasteiger partial charge in [-0.2, -0.15) is 0 Å². The number of thiazole rings is 1. The number of rotatable bonds is 12. The maximum atomic E-state index is 12.9. The molecular formula is C22H27FN4O3S. The van der Waals surface area contributed by atoms with E-state index in [9.17, 15) is 19.1 Å². The molecule has 31 heavy (non-hydrogen) atoms. The number of amides is 1. The van der Waals surface area contributed by atoms with Crippen molar-refractivity contribution in [1.82, 2.24) is 20.9 Å². The number of carbonyl (C=O) groups excluding carboxylic acids is 1. The van der Waals surface area contributed by atoms with Gasteiger partial charge in [0.05, 0.1) is 4.70 Å². The van der Waals surface area contributed by atoms with Crippen molar-refractivity contribution in [2.75, 3.05) is 32.7 Å². The number of phenols is 1. The minimum Gasteiger partial charge on any atom is -0.506 e. The molecule has 0 aliphatic rings. The molecule has 0 unspecified atom stereocenters. The molecule has 0 bridgehead atoms. The van der Waals surface area contributed by atoms with Gasteiger partial charge in [0.15, 0.2) is 0 Å². The largest absolute Gasteiger partial charge is 0.506 e. The van der Waals surface area contributed by atoms with Gasteiger partial charge >= 0.3 is 4.87 Å². The van der Waals surface area contributed by atoms with Gasteiger partial charge in [-0.3, -0.25) is 9.59 Å². The maximum Gasteiger partial charge on any atom is 0.305 e. The van der Waals surface area contributed by atoms with E-state index >= 15 is 0 Å². The number of H-pyrrole nitrogens is 1. The van der Waals surface area contributed by atoms with Crippen molar-refractivity contribution in [2.45, 2.75) is 19.3 Å². The molecule has 5 N–H and O–H groups in total. The summed E-state index contributed by atoms with van der Waals surface area (Å²) in [6.07, 6.45) is 1.91. The Morgan fingerprint density at radius 3 is 2.52 bits per heavy atom. The number of fused-ring (bicyclic) bond motifs is 1. The van der Waals surface area contributed by atoms with E-state index < -0.39 is 0 Å². The van der Waals surface area contributed by atoms with Gasteiger partial charge in [-0.25, -0.2) is 4.39 Å². The number of carbonyl (C=O) groups is 1. The van der Waals surface area contributed by atoms with Crippen molar-refractivity contribution in [3.63, 3.8) is 0 Å². The van der Waals surface area contributed by atoms with Crippen LogP contribution in [-0.2, 0) is 17.6 Å². The van der Waals surface area contributed by atoms with Crippen LogP contribution in [0.1, 0.15) is 17.5 Å². The van der Waals surface area contributed by atoms with Crippen LogP contribution < -0.4 is 20.8 Å². The highest BCUT2D eigenvalue weighted by molar-refractivity contribution is 7.16. The molecule has 0 aliphatic carbocycles. The fraction of sp³-hybridized carbons (Fsp3) is 0.364. The molecule has 0 saturated carbocycles. The van der Waals surface area contributed by atoms with E-state index in [4.69, 9.17) is 0 Å². The molecule has 1 heterocycles. The predicted octanol–water partition coefficient (Wildman–Crippen LogP) is 1.90. The highest BCUT2D eigenvalue weighted by Crippen LogP contribution is 2.27. The lowest BCUT2D eigenvalue weighted by atomic mass is 10.1. The highest BCUT2D eigenvalue weighted by Gasteiger charge is 2.09. The Morgan fingerprint density at radius 2 is 1.71 bits per heavy atom. The summed E-state index contributed by atoms with van der Waals surface area (Å²) >= 11 is 1.10. The van der Waals surface area contributed by atoms with E-state index in [2.05, 4.69) is 20.9 Å². The first kappa shape index (κ1) is 22.9. The first-order chi connectivity index (χ1) is 15.0. The first-order valence-corrected chi connectivity index (χ1v) is 11.1. The molecule has 0 saturated heterocycles. The Balaban J connectivity index is 1.23. The summed E-state index contributed by atoms with van der Waals surface area (Å²) in [5, 5.41) is 19.2. The summed E-state index contributed by atoms with van der Waals surface area (Å²) in [6, 6.07) is 9.85. The quantitative estimate of drug-likeness (QED) is 0.273. The van der Waals surface area contributed by atoms with Crippen LogP contribution >= 0.6 is 11.3 Å². The Kier molecular flexibility index (Phi) is 8.57. The third-order valence-electron chi connectivity index (χ3n) is 4.87. The number of hydrogen-bond acceptors (Lipinski definition) is 6. The monoisotopic (exact) mass is 446 g/mol. The van der Waals surface area contributed by atoms with E-state index in [0.29, 0.717) is 38.1 Å². The third-order valence-corrected chi connectivity index (χ3v) is 5.82. The van der Waals surface area contributed by atoms with Crippen molar-refractivity contribution >= 4 is 27.5 Å². The molecule has 0 atom stereocenters. The first-order valence-electron chi connectivity index (χ1n) is 10.3. The van der Waals surface area contributed by atoms with Crippen molar-refractivity contribution in [3.05, 3.63) is 63.0 Å².